The summed E-state index contributed by atoms with van der Waals surface area (Å²) in [6.07, 6.45) is 0. The first-order valence-corrected chi connectivity index (χ1v) is 8.25. The largest absolute Gasteiger partial charge is 0.370 e. The third kappa shape index (κ3) is 4.19. The zero-order chi connectivity index (χ0) is 16.8. The van der Waals surface area contributed by atoms with Crippen molar-refractivity contribution in [3.05, 3.63) is 71.5 Å². The molecule has 2 aromatic rings. The van der Waals surface area contributed by atoms with Crippen molar-refractivity contribution in [3.63, 3.8) is 0 Å². The Morgan fingerprint density at radius 3 is 2.46 bits per heavy atom. The maximum absolute atomic E-state index is 13.9. The summed E-state index contributed by atoms with van der Waals surface area (Å²) in [5.41, 5.74) is 1.11. The van der Waals surface area contributed by atoms with Crippen LogP contribution in [-0.2, 0) is 4.74 Å². The Hall–Kier alpha value is -2.24. The van der Waals surface area contributed by atoms with E-state index < -0.39 is 5.82 Å². The number of morpholine rings is 1. The molecule has 0 bridgehead atoms. The zero-order valence-electron chi connectivity index (χ0n) is 13.5. The van der Waals surface area contributed by atoms with Crippen LogP contribution in [0, 0.1) is 5.82 Å². The van der Waals surface area contributed by atoms with Gasteiger partial charge in [0.2, 0.25) is 0 Å². The molecule has 1 fully saturated rings. The third-order valence-corrected chi connectivity index (χ3v) is 4.32. The van der Waals surface area contributed by atoms with E-state index >= 15 is 0 Å². The van der Waals surface area contributed by atoms with Crippen molar-refractivity contribution in [3.8, 4) is 0 Å². The second-order valence-corrected chi connectivity index (χ2v) is 5.98. The van der Waals surface area contributed by atoms with Gasteiger partial charge in [-0.2, -0.15) is 0 Å². The number of carbonyl (C=O) groups excluding carboxylic acids is 1. The predicted octanol–water partition coefficient (Wildman–Crippen LogP) is 1.21. The Balaban J connectivity index is 1.76. The zero-order valence-corrected chi connectivity index (χ0v) is 13.5. The maximum atomic E-state index is 13.9. The Morgan fingerprint density at radius 1 is 1.08 bits per heavy atom. The number of halogens is 1. The smallest absolute Gasteiger partial charge is 0.254 e. The molecule has 126 valence electrons. The molecule has 1 atom stereocenters. The standard InChI is InChI=1S/C19H21FN2O2/c20-17-9-5-4-8-16(17)19(23)21-18(15-6-2-1-3-7-15)14-22-10-12-24-13-11-22/h1-9,18H,10-14H2,(H,21,23)/p+1/t18-/m1/s1. The lowest BCUT2D eigenvalue weighted by molar-refractivity contribution is -0.909. The van der Waals surface area contributed by atoms with E-state index in [0.717, 1.165) is 38.4 Å². The van der Waals surface area contributed by atoms with Crippen LogP contribution in [0.1, 0.15) is 22.0 Å². The first-order chi connectivity index (χ1) is 11.7. The molecule has 2 aromatic carbocycles. The van der Waals surface area contributed by atoms with Gasteiger partial charge >= 0.3 is 0 Å². The van der Waals surface area contributed by atoms with E-state index in [0.29, 0.717) is 0 Å². The van der Waals surface area contributed by atoms with E-state index in [1.165, 1.54) is 17.0 Å². The van der Waals surface area contributed by atoms with Crippen molar-refractivity contribution >= 4 is 5.91 Å². The lowest BCUT2D eigenvalue weighted by Gasteiger charge is -2.28. The Labute approximate surface area is 141 Å². The fourth-order valence-electron chi connectivity index (χ4n) is 2.97. The summed E-state index contributed by atoms with van der Waals surface area (Å²) in [7, 11) is 0. The van der Waals surface area contributed by atoms with Crippen molar-refractivity contribution in [1.29, 1.82) is 0 Å². The van der Waals surface area contributed by atoms with Crippen LogP contribution < -0.4 is 10.2 Å². The quantitative estimate of drug-likeness (QED) is 0.866. The van der Waals surface area contributed by atoms with Crippen LogP contribution in [0.15, 0.2) is 54.6 Å². The average molecular weight is 329 g/mol. The van der Waals surface area contributed by atoms with Crippen molar-refractivity contribution in [2.45, 2.75) is 6.04 Å². The van der Waals surface area contributed by atoms with Gasteiger partial charge in [0.15, 0.2) is 0 Å². The second-order valence-electron chi connectivity index (χ2n) is 5.98. The fraction of sp³-hybridized carbons (Fsp3) is 0.316. The molecule has 0 aromatic heterocycles. The molecule has 1 heterocycles. The van der Waals surface area contributed by atoms with Gasteiger partial charge in [0.05, 0.1) is 18.8 Å². The van der Waals surface area contributed by atoms with Crippen LogP contribution in [0.5, 0.6) is 0 Å². The van der Waals surface area contributed by atoms with Gasteiger partial charge in [-0.25, -0.2) is 4.39 Å². The lowest BCUT2D eigenvalue weighted by Crippen LogP contribution is -3.14. The molecule has 1 aliphatic rings. The van der Waals surface area contributed by atoms with E-state index in [-0.39, 0.29) is 17.5 Å². The second kappa shape index (κ2) is 8.04. The Kier molecular flexibility index (Phi) is 5.56. The van der Waals surface area contributed by atoms with Gasteiger partial charge in [-0.3, -0.25) is 4.79 Å². The summed E-state index contributed by atoms with van der Waals surface area (Å²) in [5, 5.41) is 3.00. The van der Waals surface area contributed by atoms with Crippen LogP contribution in [-0.4, -0.2) is 38.8 Å². The van der Waals surface area contributed by atoms with E-state index in [1.54, 1.807) is 12.1 Å². The molecule has 0 aliphatic carbocycles. The number of ether oxygens (including phenoxy) is 1. The molecule has 2 N–H and O–H groups in total. The predicted molar refractivity (Wildman–Crippen MR) is 89.4 cm³/mol. The van der Waals surface area contributed by atoms with Crippen LogP contribution in [0.3, 0.4) is 0 Å². The van der Waals surface area contributed by atoms with Gasteiger partial charge in [0.25, 0.3) is 5.91 Å². The molecule has 0 spiro atoms. The SMILES string of the molecule is O=C(N[C@H](C[NH+]1CCOCC1)c1ccccc1)c1ccccc1F. The number of amides is 1. The number of carbonyl (C=O) groups is 1. The maximum Gasteiger partial charge on any atom is 0.254 e. The van der Waals surface area contributed by atoms with Gasteiger partial charge < -0.3 is 15.0 Å². The average Bonchev–Trinajstić information content (AvgIpc) is 2.63. The topological polar surface area (TPSA) is 42.8 Å². The Bertz CT molecular complexity index is 672. The van der Waals surface area contributed by atoms with Gasteiger partial charge in [0.1, 0.15) is 31.5 Å². The molecular weight excluding hydrogens is 307 g/mol. The highest BCUT2D eigenvalue weighted by molar-refractivity contribution is 5.94. The first kappa shape index (κ1) is 16.6. The number of benzene rings is 2. The molecule has 0 saturated carbocycles. The summed E-state index contributed by atoms with van der Waals surface area (Å²) in [6, 6.07) is 15.7. The van der Waals surface area contributed by atoms with Crippen molar-refractivity contribution in [2.75, 3.05) is 32.8 Å². The number of rotatable bonds is 5. The number of nitrogens with one attached hydrogen (secondary N) is 2. The first-order valence-electron chi connectivity index (χ1n) is 8.25. The molecule has 1 saturated heterocycles. The molecule has 5 heteroatoms. The number of hydrogen-bond acceptors (Lipinski definition) is 2. The molecule has 0 unspecified atom stereocenters. The van der Waals surface area contributed by atoms with Gasteiger partial charge in [0, 0.05) is 0 Å². The highest BCUT2D eigenvalue weighted by atomic mass is 19.1. The normalized spacial score (nSPS) is 16.5. The van der Waals surface area contributed by atoms with E-state index in [2.05, 4.69) is 5.32 Å². The van der Waals surface area contributed by atoms with Crippen LogP contribution in [0.25, 0.3) is 0 Å². The fourth-order valence-corrected chi connectivity index (χ4v) is 2.97. The van der Waals surface area contributed by atoms with Gasteiger partial charge in [-0.1, -0.05) is 42.5 Å². The van der Waals surface area contributed by atoms with Crippen molar-refractivity contribution < 1.29 is 18.8 Å². The summed E-state index contributed by atoms with van der Waals surface area (Å²) >= 11 is 0. The summed E-state index contributed by atoms with van der Waals surface area (Å²) in [4.78, 5) is 13.9. The van der Waals surface area contributed by atoms with E-state index in [9.17, 15) is 9.18 Å². The van der Waals surface area contributed by atoms with Crippen LogP contribution in [0.4, 0.5) is 4.39 Å². The Morgan fingerprint density at radius 2 is 1.75 bits per heavy atom. The van der Waals surface area contributed by atoms with Crippen LogP contribution in [0.2, 0.25) is 0 Å². The molecule has 0 radical (unpaired) electrons. The number of quaternary nitrogens is 1. The van der Waals surface area contributed by atoms with Crippen LogP contribution >= 0.6 is 0 Å². The molecule has 1 aliphatic heterocycles. The van der Waals surface area contributed by atoms with Crippen molar-refractivity contribution in [1.82, 2.24) is 5.32 Å². The summed E-state index contributed by atoms with van der Waals surface area (Å²) < 4.78 is 19.3. The lowest BCUT2D eigenvalue weighted by atomic mass is 10.1. The van der Waals surface area contributed by atoms with E-state index in [1.807, 2.05) is 30.3 Å². The molecular formula is C19H22FN2O2+. The van der Waals surface area contributed by atoms with Gasteiger partial charge in [-0.05, 0) is 17.7 Å². The minimum atomic E-state index is -0.500. The molecule has 24 heavy (non-hydrogen) atoms. The third-order valence-electron chi connectivity index (χ3n) is 4.32. The highest BCUT2D eigenvalue weighted by Crippen LogP contribution is 2.13. The minimum absolute atomic E-state index is 0.0791. The summed E-state index contributed by atoms with van der Waals surface area (Å²) in [5.74, 6) is -0.879. The van der Waals surface area contributed by atoms with Crippen molar-refractivity contribution in [2.24, 2.45) is 0 Å². The van der Waals surface area contributed by atoms with E-state index in [4.69, 9.17) is 4.74 Å². The van der Waals surface area contributed by atoms with Gasteiger partial charge in [-0.15, -0.1) is 0 Å². The monoisotopic (exact) mass is 329 g/mol. The number of hydrogen-bond donors (Lipinski definition) is 2. The molecule has 4 nitrogen and oxygen atoms in total. The molecule has 1 amide bonds. The summed E-state index contributed by atoms with van der Waals surface area (Å²) in [6.45, 7) is 4.06. The highest BCUT2D eigenvalue weighted by Gasteiger charge is 2.24. The minimum Gasteiger partial charge on any atom is -0.370 e. The molecule has 3 rings (SSSR count).